The molecule has 2 N–H and O–H groups in total. The van der Waals surface area contributed by atoms with Gasteiger partial charge in [0.25, 0.3) is 0 Å². The van der Waals surface area contributed by atoms with Crippen LogP contribution in [-0.2, 0) is 14.3 Å². The minimum Gasteiger partial charge on any atom is -0.480 e. The van der Waals surface area contributed by atoms with Crippen molar-refractivity contribution in [2.45, 2.75) is 19.4 Å². The van der Waals surface area contributed by atoms with E-state index in [9.17, 15) is 14.4 Å². The molecule has 116 valence electrons. The highest BCUT2D eigenvalue weighted by atomic mass is 16.5. The summed E-state index contributed by atoms with van der Waals surface area (Å²) < 4.78 is 4.80. The van der Waals surface area contributed by atoms with Gasteiger partial charge in [-0.15, -0.1) is 0 Å². The Morgan fingerprint density at radius 1 is 1.30 bits per heavy atom. The Kier molecular flexibility index (Phi) is 8.30. The molecular formula is C12H23N3O5. The van der Waals surface area contributed by atoms with Gasteiger partial charge in [-0.05, 0) is 6.92 Å². The van der Waals surface area contributed by atoms with Crippen LogP contribution in [0.1, 0.15) is 13.3 Å². The lowest BCUT2D eigenvalue weighted by Crippen LogP contribution is -2.50. The molecule has 0 fully saturated rings. The van der Waals surface area contributed by atoms with Gasteiger partial charge < -0.3 is 25.0 Å². The number of methoxy groups -OCH3 is 1. The number of nitrogens with zero attached hydrogens (tertiary/aromatic N) is 2. The van der Waals surface area contributed by atoms with Crippen molar-refractivity contribution in [1.82, 2.24) is 15.1 Å². The number of amides is 3. The fourth-order valence-electron chi connectivity index (χ4n) is 1.37. The van der Waals surface area contributed by atoms with Crippen LogP contribution in [0.5, 0.6) is 0 Å². The van der Waals surface area contributed by atoms with Crippen LogP contribution in [0.2, 0.25) is 0 Å². The zero-order valence-corrected chi connectivity index (χ0v) is 12.4. The topological polar surface area (TPSA) is 99.2 Å². The third-order valence-electron chi connectivity index (χ3n) is 2.70. The van der Waals surface area contributed by atoms with E-state index in [4.69, 9.17) is 9.84 Å². The predicted molar refractivity (Wildman–Crippen MR) is 72.4 cm³/mol. The molecule has 0 aromatic carbocycles. The van der Waals surface area contributed by atoms with E-state index in [1.165, 1.54) is 16.9 Å². The largest absolute Gasteiger partial charge is 0.480 e. The smallest absolute Gasteiger partial charge is 0.326 e. The second-order valence-electron chi connectivity index (χ2n) is 4.42. The highest BCUT2D eigenvalue weighted by molar-refractivity contribution is 5.86. The van der Waals surface area contributed by atoms with Gasteiger partial charge in [0.1, 0.15) is 12.6 Å². The van der Waals surface area contributed by atoms with Crippen LogP contribution < -0.4 is 5.32 Å². The molecule has 0 aliphatic rings. The normalized spacial score (nSPS) is 11.6. The summed E-state index contributed by atoms with van der Waals surface area (Å²) in [7, 11) is 4.63. The number of nitrogens with one attached hydrogen (secondary N) is 1. The number of carbonyl (C=O) groups excluding carboxylic acids is 2. The van der Waals surface area contributed by atoms with Crippen molar-refractivity contribution < 1.29 is 24.2 Å². The number of likely N-dealkylation sites (N-methyl/N-ethyl adjacent to an activating group) is 2. The Morgan fingerprint density at radius 3 is 2.30 bits per heavy atom. The van der Waals surface area contributed by atoms with Gasteiger partial charge in [0.05, 0.1) is 0 Å². The molecule has 0 aromatic rings. The SMILES string of the molecule is CCN(CC(=O)N(C)C)C(=O)NC(CCOC)C(=O)O. The minimum absolute atomic E-state index is 0.0913. The quantitative estimate of drug-likeness (QED) is 0.633. The van der Waals surface area contributed by atoms with Crippen molar-refractivity contribution in [2.75, 3.05) is 40.9 Å². The van der Waals surface area contributed by atoms with Gasteiger partial charge in [-0.1, -0.05) is 0 Å². The zero-order chi connectivity index (χ0) is 15.7. The fraction of sp³-hybridized carbons (Fsp3) is 0.750. The zero-order valence-electron chi connectivity index (χ0n) is 12.4. The molecule has 1 atom stereocenters. The van der Waals surface area contributed by atoms with E-state index in [1.54, 1.807) is 21.0 Å². The number of aliphatic carboxylic acids is 1. The summed E-state index contributed by atoms with van der Waals surface area (Å²) in [6, 6.07) is -1.61. The molecule has 0 aromatic heterocycles. The van der Waals surface area contributed by atoms with E-state index in [2.05, 4.69) is 5.32 Å². The highest BCUT2D eigenvalue weighted by Gasteiger charge is 2.23. The first-order valence-corrected chi connectivity index (χ1v) is 6.30. The molecule has 0 saturated carbocycles. The number of ether oxygens (including phenoxy) is 1. The molecule has 0 saturated heterocycles. The molecule has 20 heavy (non-hydrogen) atoms. The van der Waals surface area contributed by atoms with Gasteiger partial charge in [-0.2, -0.15) is 0 Å². The van der Waals surface area contributed by atoms with Crippen molar-refractivity contribution in [3.8, 4) is 0 Å². The average Bonchev–Trinajstić information content (AvgIpc) is 2.39. The fourth-order valence-corrected chi connectivity index (χ4v) is 1.37. The molecule has 0 aliphatic heterocycles. The maximum absolute atomic E-state index is 12.0. The van der Waals surface area contributed by atoms with Crippen LogP contribution in [-0.4, -0.2) is 79.8 Å². The summed E-state index contributed by atoms with van der Waals surface area (Å²) in [6.07, 6.45) is 0.163. The van der Waals surface area contributed by atoms with E-state index in [-0.39, 0.29) is 25.5 Å². The van der Waals surface area contributed by atoms with Gasteiger partial charge in [-0.25, -0.2) is 9.59 Å². The molecular weight excluding hydrogens is 266 g/mol. The Morgan fingerprint density at radius 2 is 1.90 bits per heavy atom. The maximum Gasteiger partial charge on any atom is 0.326 e. The average molecular weight is 289 g/mol. The summed E-state index contributed by atoms with van der Waals surface area (Å²) >= 11 is 0. The monoisotopic (exact) mass is 289 g/mol. The van der Waals surface area contributed by atoms with Crippen molar-refractivity contribution >= 4 is 17.9 Å². The standard InChI is InChI=1S/C12H23N3O5/c1-5-15(8-10(16)14(2)3)12(19)13-9(11(17)18)6-7-20-4/h9H,5-8H2,1-4H3,(H,13,19)(H,17,18). The predicted octanol–water partition coefficient (Wildman–Crippen LogP) is -0.404. The Balaban J connectivity index is 4.58. The van der Waals surface area contributed by atoms with Gasteiger partial charge in [0.2, 0.25) is 5.91 Å². The van der Waals surface area contributed by atoms with E-state index in [1.807, 2.05) is 0 Å². The van der Waals surface area contributed by atoms with Crippen LogP contribution in [0.3, 0.4) is 0 Å². The number of carboxylic acids is 1. The molecule has 0 heterocycles. The molecule has 3 amide bonds. The van der Waals surface area contributed by atoms with Crippen molar-refractivity contribution in [2.24, 2.45) is 0 Å². The van der Waals surface area contributed by atoms with E-state index in [0.29, 0.717) is 6.54 Å². The summed E-state index contributed by atoms with van der Waals surface area (Å²) in [6.45, 7) is 2.15. The molecule has 0 aliphatic carbocycles. The Labute approximate surface area is 118 Å². The van der Waals surface area contributed by atoms with Crippen molar-refractivity contribution in [1.29, 1.82) is 0 Å². The van der Waals surface area contributed by atoms with Crippen molar-refractivity contribution in [3.63, 3.8) is 0 Å². The first-order chi connectivity index (χ1) is 9.33. The lowest BCUT2D eigenvalue weighted by molar-refractivity contribution is -0.139. The van der Waals surface area contributed by atoms with Crippen molar-refractivity contribution in [3.05, 3.63) is 0 Å². The molecule has 1 unspecified atom stereocenters. The lowest BCUT2D eigenvalue weighted by atomic mass is 10.2. The molecule has 0 radical (unpaired) electrons. The van der Waals surface area contributed by atoms with Crippen LogP contribution in [0.15, 0.2) is 0 Å². The Bertz CT molecular complexity index is 346. The number of hydrogen-bond acceptors (Lipinski definition) is 4. The van der Waals surface area contributed by atoms with E-state index >= 15 is 0 Å². The maximum atomic E-state index is 12.0. The molecule has 0 bridgehead atoms. The molecule has 0 spiro atoms. The third kappa shape index (κ3) is 6.37. The van der Waals surface area contributed by atoms with Crippen LogP contribution in [0.4, 0.5) is 4.79 Å². The highest BCUT2D eigenvalue weighted by Crippen LogP contribution is 1.98. The van der Waals surface area contributed by atoms with Gasteiger partial charge in [-0.3, -0.25) is 4.79 Å². The number of urea groups is 1. The third-order valence-corrected chi connectivity index (χ3v) is 2.70. The summed E-state index contributed by atoms with van der Waals surface area (Å²) in [5, 5.41) is 11.4. The van der Waals surface area contributed by atoms with Gasteiger partial charge in [0, 0.05) is 40.8 Å². The van der Waals surface area contributed by atoms with E-state index < -0.39 is 18.0 Å². The number of rotatable bonds is 8. The summed E-state index contributed by atoms with van der Waals surface area (Å²) in [5.74, 6) is -1.36. The second kappa shape index (κ2) is 9.13. The lowest BCUT2D eigenvalue weighted by Gasteiger charge is -2.24. The molecule has 8 nitrogen and oxygen atoms in total. The summed E-state index contributed by atoms with van der Waals surface area (Å²) in [5.41, 5.74) is 0. The molecule has 8 heteroatoms. The first-order valence-electron chi connectivity index (χ1n) is 6.30. The first kappa shape index (κ1) is 18.2. The van der Waals surface area contributed by atoms with Gasteiger partial charge in [0.15, 0.2) is 0 Å². The van der Waals surface area contributed by atoms with E-state index in [0.717, 1.165) is 0 Å². The molecule has 0 rings (SSSR count). The summed E-state index contributed by atoms with van der Waals surface area (Å²) in [4.78, 5) is 37.2. The second-order valence-corrected chi connectivity index (χ2v) is 4.42. The van der Waals surface area contributed by atoms with Crippen LogP contribution in [0, 0.1) is 0 Å². The number of hydrogen-bond donors (Lipinski definition) is 2. The van der Waals surface area contributed by atoms with Crippen LogP contribution >= 0.6 is 0 Å². The van der Waals surface area contributed by atoms with Crippen LogP contribution in [0.25, 0.3) is 0 Å². The Hall–Kier alpha value is -1.83. The van der Waals surface area contributed by atoms with Gasteiger partial charge >= 0.3 is 12.0 Å². The minimum atomic E-state index is -1.13. The number of carboxylic acid groups (broad SMARTS) is 1. The number of carbonyl (C=O) groups is 3.